The summed E-state index contributed by atoms with van der Waals surface area (Å²) in [5.41, 5.74) is 1.94. The minimum atomic E-state index is -0.826. The molecule has 0 radical (unpaired) electrons. The van der Waals surface area contributed by atoms with Crippen molar-refractivity contribution in [3.05, 3.63) is 47.2 Å². The number of ether oxygens (including phenoxy) is 1. The largest absolute Gasteiger partial charge is 0.360 e. The Bertz CT molecular complexity index is 753. The second-order valence-electron chi connectivity index (χ2n) is 5.90. The molecule has 1 aliphatic heterocycles. The molecule has 0 bridgehead atoms. The third-order valence-corrected chi connectivity index (χ3v) is 4.04. The summed E-state index contributed by atoms with van der Waals surface area (Å²) in [6.07, 6.45) is -0.826. The van der Waals surface area contributed by atoms with Crippen LogP contribution in [-0.2, 0) is 14.3 Å². The molecule has 0 unspecified atom stereocenters. The first-order valence-corrected chi connectivity index (χ1v) is 7.63. The van der Waals surface area contributed by atoms with E-state index in [2.05, 4.69) is 10.5 Å². The predicted octanol–water partition coefficient (Wildman–Crippen LogP) is 1.83. The third-order valence-electron chi connectivity index (χ3n) is 4.04. The van der Waals surface area contributed by atoms with Gasteiger partial charge < -0.3 is 19.5 Å². The zero-order valence-electron chi connectivity index (χ0n) is 13.8. The summed E-state index contributed by atoms with van der Waals surface area (Å²) in [6, 6.07) is 8.81. The lowest BCUT2D eigenvalue weighted by Gasteiger charge is -2.38. The molecule has 0 aliphatic carbocycles. The first kappa shape index (κ1) is 16.2. The molecule has 1 aromatic heterocycles. The molecule has 1 N–H and O–H groups in total. The Balaban J connectivity index is 1.86. The number of benzene rings is 1. The minimum absolute atomic E-state index is 0.130. The Labute approximate surface area is 139 Å². The molecule has 2 amide bonds. The van der Waals surface area contributed by atoms with Gasteiger partial charge in [-0.25, -0.2) is 0 Å². The van der Waals surface area contributed by atoms with E-state index in [0.29, 0.717) is 11.6 Å². The highest BCUT2D eigenvalue weighted by Gasteiger charge is 2.40. The molecule has 126 valence electrons. The van der Waals surface area contributed by atoms with Gasteiger partial charge in [0.05, 0.1) is 6.04 Å². The summed E-state index contributed by atoms with van der Waals surface area (Å²) in [5.74, 6) is 0.385. The van der Waals surface area contributed by atoms with Gasteiger partial charge in [0, 0.05) is 13.1 Å². The highest BCUT2D eigenvalue weighted by molar-refractivity contribution is 5.95. The van der Waals surface area contributed by atoms with Gasteiger partial charge in [-0.3, -0.25) is 9.59 Å². The van der Waals surface area contributed by atoms with E-state index in [1.165, 1.54) is 0 Å². The van der Waals surface area contributed by atoms with Gasteiger partial charge in [-0.05, 0) is 19.4 Å². The molecule has 2 aromatic rings. The topological polar surface area (TPSA) is 84.7 Å². The SMILES string of the molecule is Cc1ccc([C@H]2[C@H](C(=O)Nc3cc(C)on3)OCC(=O)N2C)cc1. The lowest BCUT2D eigenvalue weighted by molar-refractivity contribution is -0.160. The molecule has 2 heterocycles. The molecule has 7 nitrogen and oxygen atoms in total. The predicted molar refractivity (Wildman–Crippen MR) is 86.3 cm³/mol. The van der Waals surface area contributed by atoms with Crippen LogP contribution in [0.15, 0.2) is 34.9 Å². The molecule has 24 heavy (non-hydrogen) atoms. The standard InChI is InChI=1S/C17H19N3O4/c1-10-4-6-12(7-5-10)15-16(23-9-14(21)20(15)3)17(22)18-13-8-11(2)24-19-13/h4-8,15-16H,9H2,1-3H3,(H,18,19,22)/t15-,16+/m0/s1. The second-order valence-corrected chi connectivity index (χ2v) is 5.90. The number of amides is 2. The van der Waals surface area contributed by atoms with Gasteiger partial charge in [-0.15, -0.1) is 0 Å². The fourth-order valence-electron chi connectivity index (χ4n) is 2.72. The lowest BCUT2D eigenvalue weighted by Crippen LogP contribution is -2.51. The number of hydrogen-bond acceptors (Lipinski definition) is 5. The summed E-state index contributed by atoms with van der Waals surface area (Å²) in [7, 11) is 1.68. The Morgan fingerprint density at radius 1 is 1.29 bits per heavy atom. The van der Waals surface area contributed by atoms with Crippen LogP contribution in [0.25, 0.3) is 0 Å². The van der Waals surface area contributed by atoms with E-state index < -0.39 is 12.1 Å². The number of likely N-dealkylation sites (N-methyl/N-ethyl adjacent to an activating group) is 1. The summed E-state index contributed by atoms with van der Waals surface area (Å²) in [5, 5.41) is 6.42. The molecule has 1 aromatic carbocycles. The van der Waals surface area contributed by atoms with Gasteiger partial charge in [-0.2, -0.15) is 0 Å². The fraction of sp³-hybridized carbons (Fsp3) is 0.353. The maximum atomic E-state index is 12.6. The molecule has 7 heteroatoms. The number of anilines is 1. The van der Waals surface area contributed by atoms with Crippen LogP contribution in [0.4, 0.5) is 5.82 Å². The maximum absolute atomic E-state index is 12.6. The van der Waals surface area contributed by atoms with E-state index in [4.69, 9.17) is 9.26 Å². The highest BCUT2D eigenvalue weighted by atomic mass is 16.5. The van der Waals surface area contributed by atoms with Crippen molar-refractivity contribution in [1.29, 1.82) is 0 Å². The monoisotopic (exact) mass is 329 g/mol. The highest BCUT2D eigenvalue weighted by Crippen LogP contribution is 2.30. The van der Waals surface area contributed by atoms with Crippen LogP contribution in [-0.4, -0.2) is 41.6 Å². The van der Waals surface area contributed by atoms with E-state index >= 15 is 0 Å². The molecule has 1 fully saturated rings. The Morgan fingerprint density at radius 2 is 2.00 bits per heavy atom. The maximum Gasteiger partial charge on any atom is 0.257 e. The normalized spacial score (nSPS) is 21.0. The lowest BCUT2D eigenvalue weighted by atomic mass is 9.97. The van der Waals surface area contributed by atoms with E-state index in [1.54, 1.807) is 24.9 Å². The van der Waals surface area contributed by atoms with Gasteiger partial charge in [0.15, 0.2) is 11.9 Å². The first-order chi connectivity index (χ1) is 11.5. The van der Waals surface area contributed by atoms with Crippen LogP contribution in [0.3, 0.4) is 0 Å². The van der Waals surface area contributed by atoms with Crippen LogP contribution in [0, 0.1) is 13.8 Å². The molecule has 1 aliphatic rings. The number of aromatic nitrogens is 1. The van der Waals surface area contributed by atoms with Gasteiger partial charge in [0.25, 0.3) is 5.91 Å². The molecule has 0 spiro atoms. The Kier molecular flexibility index (Phi) is 4.35. The molecular formula is C17H19N3O4. The van der Waals surface area contributed by atoms with Crippen molar-refractivity contribution in [2.24, 2.45) is 0 Å². The van der Waals surface area contributed by atoms with Crippen molar-refractivity contribution >= 4 is 17.6 Å². The summed E-state index contributed by atoms with van der Waals surface area (Å²) >= 11 is 0. The van der Waals surface area contributed by atoms with Crippen molar-refractivity contribution in [2.45, 2.75) is 26.0 Å². The molecule has 3 rings (SSSR count). The summed E-state index contributed by atoms with van der Waals surface area (Å²) in [6.45, 7) is 3.59. The number of aryl methyl sites for hydroxylation is 2. The zero-order valence-corrected chi connectivity index (χ0v) is 13.8. The summed E-state index contributed by atoms with van der Waals surface area (Å²) in [4.78, 5) is 26.2. The van der Waals surface area contributed by atoms with E-state index in [-0.39, 0.29) is 18.4 Å². The van der Waals surface area contributed by atoms with Crippen molar-refractivity contribution < 1.29 is 18.8 Å². The fourth-order valence-corrected chi connectivity index (χ4v) is 2.72. The average Bonchev–Trinajstić information content (AvgIpc) is 2.96. The molecule has 0 saturated carbocycles. The van der Waals surface area contributed by atoms with Gasteiger partial charge >= 0.3 is 0 Å². The Hall–Kier alpha value is -2.67. The smallest absolute Gasteiger partial charge is 0.257 e. The quantitative estimate of drug-likeness (QED) is 0.928. The van der Waals surface area contributed by atoms with Crippen LogP contribution < -0.4 is 5.32 Å². The molecular weight excluding hydrogens is 310 g/mol. The van der Waals surface area contributed by atoms with Crippen LogP contribution in [0.1, 0.15) is 22.9 Å². The zero-order chi connectivity index (χ0) is 17.3. The van der Waals surface area contributed by atoms with Gasteiger partial charge in [0.1, 0.15) is 12.4 Å². The average molecular weight is 329 g/mol. The number of hydrogen-bond donors (Lipinski definition) is 1. The van der Waals surface area contributed by atoms with Crippen LogP contribution in [0.5, 0.6) is 0 Å². The van der Waals surface area contributed by atoms with Crippen molar-refractivity contribution in [2.75, 3.05) is 19.0 Å². The summed E-state index contributed by atoms with van der Waals surface area (Å²) < 4.78 is 10.5. The first-order valence-electron chi connectivity index (χ1n) is 7.63. The van der Waals surface area contributed by atoms with Gasteiger partial charge in [0.2, 0.25) is 5.91 Å². The van der Waals surface area contributed by atoms with E-state index in [9.17, 15) is 9.59 Å². The number of carbonyl (C=O) groups excluding carboxylic acids is 2. The molecule has 1 saturated heterocycles. The Morgan fingerprint density at radius 3 is 2.62 bits per heavy atom. The van der Waals surface area contributed by atoms with Gasteiger partial charge in [-0.1, -0.05) is 35.0 Å². The number of morpholine rings is 1. The number of nitrogens with zero attached hydrogens (tertiary/aromatic N) is 2. The van der Waals surface area contributed by atoms with Crippen molar-refractivity contribution in [3.63, 3.8) is 0 Å². The van der Waals surface area contributed by atoms with E-state index in [0.717, 1.165) is 11.1 Å². The number of carbonyl (C=O) groups is 2. The second kappa shape index (κ2) is 6.45. The molecule has 2 atom stereocenters. The number of nitrogens with one attached hydrogen (secondary N) is 1. The van der Waals surface area contributed by atoms with Crippen LogP contribution >= 0.6 is 0 Å². The van der Waals surface area contributed by atoms with Crippen LogP contribution in [0.2, 0.25) is 0 Å². The van der Waals surface area contributed by atoms with E-state index in [1.807, 2.05) is 31.2 Å². The third kappa shape index (κ3) is 3.16. The van der Waals surface area contributed by atoms with Crippen molar-refractivity contribution in [3.8, 4) is 0 Å². The number of rotatable bonds is 3. The van der Waals surface area contributed by atoms with Crippen molar-refractivity contribution in [1.82, 2.24) is 10.1 Å². The minimum Gasteiger partial charge on any atom is -0.360 e.